The molecular weight excluding hydrogens is 224 g/mol. The van der Waals surface area contributed by atoms with Gasteiger partial charge in [-0.15, -0.1) is 5.10 Å². The number of nitrogens with one attached hydrogen (secondary N) is 2. The molecule has 0 fully saturated rings. The number of carbonyl (C=O) groups excluding carboxylic acids is 1. The Bertz CT molecular complexity index is 497. The second-order valence-electron chi connectivity index (χ2n) is 3.02. The Morgan fingerprint density at radius 1 is 1.59 bits per heavy atom. The lowest BCUT2D eigenvalue weighted by Crippen LogP contribution is -2.25. The summed E-state index contributed by atoms with van der Waals surface area (Å²) in [5, 5.41) is 8.88. The van der Waals surface area contributed by atoms with Crippen LogP contribution in [-0.4, -0.2) is 44.7 Å². The van der Waals surface area contributed by atoms with Crippen LogP contribution >= 0.6 is 0 Å². The lowest BCUT2D eigenvalue weighted by atomic mass is 10.4. The summed E-state index contributed by atoms with van der Waals surface area (Å²) in [5.74, 6) is 0.206. The van der Waals surface area contributed by atoms with Crippen molar-refractivity contribution in [3.63, 3.8) is 0 Å². The molecule has 0 bridgehead atoms. The minimum Gasteiger partial charge on any atom is -0.452 e. The molecule has 0 radical (unpaired) electrons. The zero-order chi connectivity index (χ0) is 12.1. The van der Waals surface area contributed by atoms with E-state index in [1.54, 1.807) is 12.3 Å². The molecule has 2 aromatic rings. The van der Waals surface area contributed by atoms with E-state index in [0.717, 1.165) is 0 Å². The van der Waals surface area contributed by atoms with E-state index in [1.807, 2.05) is 0 Å². The molecule has 0 aromatic carbocycles. The number of hydrogen-bond donors (Lipinski definition) is 2. The van der Waals surface area contributed by atoms with Crippen molar-refractivity contribution in [1.29, 1.82) is 0 Å². The third-order valence-corrected chi connectivity index (χ3v) is 1.90. The van der Waals surface area contributed by atoms with Gasteiger partial charge in [-0.05, 0) is 6.07 Å². The van der Waals surface area contributed by atoms with E-state index < -0.39 is 0 Å². The number of rotatable bonds is 4. The molecule has 0 aliphatic heterocycles. The number of likely N-dealkylation sites (N-methyl/N-ethyl adjacent to an activating group) is 1. The van der Waals surface area contributed by atoms with Crippen molar-refractivity contribution in [3.8, 4) is 17.5 Å². The van der Waals surface area contributed by atoms with Crippen molar-refractivity contribution < 1.29 is 9.53 Å². The summed E-state index contributed by atoms with van der Waals surface area (Å²) in [7, 11) is 1.52. The molecule has 88 valence electrons. The molecule has 17 heavy (non-hydrogen) atoms. The van der Waals surface area contributed by atoms with Crippen LogP contribution in [0.5, 0.6) is 6.01 Å². The zero-order valence-corrected chi connectivity index (χ0v) is 9.04. The van der Waals surface area contributed by atoms with Crippen molar-refractivity contribution in [2.24, 2.45) is 0 Å². The molecule has 1 amide bonds. The molecule has 2 heterocycles. The van der Waals surface area contributed by atoms with Crippen molar-refractivity contribution in [2.45, 2.75) is 0 Å². The molecule has 2 N–H and O–H groups in total. The van der Waals surface area contributed by atoms with Crippen molar-refractivity contribution in [3.05, 3.63) is 18.6 Å². The summed E-state index contributed by atoms with van der Waals surface area (Å²) in [6, 6.07) is 1.78. The molecule has 0 atom stereocenters. The second kappa shape index (κ2) is 5.01. The highest BCUT2D eigenvalue weighted by molar-refractivity contribution is 5.77. The van der Waals surface area contributed by atoms with E-state index in [9.17, 15) is 4.79 Å². The van der Waals surface area contributed by atoms with Gasteiger partial charge >= 0.3 is 6.01 Å². The average Bonchev–Trinajstić information content (AvgIpc) is 2.86. The van der Waals surface area contributed by atoms with Crippen LogP contribution in [0.15, 0.2) is 18.6 Å². The third kappa shape index (κ3) is 2.74. The number of nitrogens with zero attached hydrogens (tertiary/aromatic N) is 4. The van der Waals surface area contributed by atoms with E-state index in [1.165, 1.54) is 13.4 Å². The van der Waals surface area contributed by atoms with Crippen LogP contribution < -0.4 is 10.1 Å². The predicted octanol–water partition coefficient (Wildman–Crippen LogP) is -0.614. The molecule has 8 heteroatoms. The number of aromatic amines is 1. The smallest absolute Gasteiger partial charge is 0.336 e. The van der Waals surface area contributed by atoms with Gasteiger partial charge in [0.05, 0.1) is 0 Å². The van der Waals surface area contributed by atoms with Gasteiger partial charge in [-0.25, -0.2) is 9.97 Å². The third-order valence-electron chi connectivity index (χ3n) is 1.90. The lowest BCUT2D eigenvalue weighted by Gasteiger charge is -1.98. The van der Waals surface area contributed by atoms with E-state index in [-0.39, 0.29) is 18.5 Å². The zero-order valence-electron chi connectivity index (χ0n) is 9.04. The maximum atomic E-state index is 10.9. The molecule has 8 nitrogen and oxygen atoms in total. The predicted molar refractivity (Wildman–Crippen MR) is 57.0 cm³/mol. The highest BCUT2D eigenvalue weighted by Crippen LogP contribution is 2.12. The Hall–Kier alpha value is -2.51. The van der Waals surface area contributed by atoms with Gasteiger partial charge in [-0.3, -0.25) is 9.89 Å². The van der Waals surface area contributed by atoms with Gasteiger partial charge in [0.2, 0.25) is 0 Å². The summed E-state index contributed by atoms with van der Waals surface area (Å²) in [5.41, 5.74) is 0.599. The molecule has 0 spiro atoms. The Labute approximate surface area is 96.5 Å². The van der Waals surface area contributed by atoms with E-state index in [2.05, 4.69) is 30.5 Å². The quantitative estimate of drug-likeness (QED) is 0.730. The van der Waals surface area contributed by atoms with Gasteiger partial charge in [0.15, 0.2) is 12.4 Å². The normalized spacial score (nSPS) is 9.94. The first-order chi connectivity index (χ1) is 8.29. The minimum absolute atomic E-state index is 0.0993. The van der Waals surface area contributed by atoms with E-state index in [4.69, 9.17) is 4.74 Å². The van der Waals surface area contributed by atoms with Gasteiger partial charge < -0.3 is 10.1 Å². The first-order valence-corrected chi connectivity index (χ1v) is 4.82. The standard InChI is InChI=1S/C9H10N6O2/c1-10-7(16)4-17-9-13-8(14-15-9)6-2-3-11-5-12-6/h2-3,5H,4H2,1H3,(H,10,16)(H,13,14,15). The molecule has 0 saturated heterocycles. The maximum Gasteiger partial charge on any atom is 0.336 e. The Morgan fingerprint density at radius 3 is 3.18 bits per heavy atom. The van der Waals surface area contributed by atoms with Crippen LogP contribution in [0.25, 0.3) is 11.5 Å². The second-order valence-corrected chi connectivity index (χ2v) is 3.02. The minimum atomic E-state index is -0.251. The highest BCUT2D eigenvalue weighted by Gasteiger charge is 2.08. The number of carbonyl (C=O) groups is 1. The Morgan fingerprint density at radius 2 is 2.47 bits per heavy atom. The molecule has 0 aliphatic carbocycles. The first kappa shape index (κ1) is 11.0. The van der Waals surface area contributed by atoms with Crippen LogP contribution in [0.2, 0.25) is 0 Å². The number of ether oxygens (including phenoxy) is 1. The van der Waals surface area contributed by atoms with E-state index in [0.29, 0.717) is 11.5 Å². The summed E-state index contributed by atoms with van der Waals surface area (Å²) < 4.78 is 5.05. The van der Waals surface area contributed by atoms with Crippen LogP contribution in [0.4, 0.5) is 0 Å². The average molecular weight is 234 g/mol. The molecule has 2 rings (SSSR count). The monoisotopic (exact) mass is 234 g/mol. The van der Waals surface area contributed by atoms with Crippen molar-refractivity contribution >= 4 is 5.91 Å². The van der Waals surface area contributed by atoms with Gasteiger partial charge in [-0.1, -0.05) is 0 Å². The van der Waals surface area contributed by atoms with Crippen molar-refractivity contribution in [2.75, 3.05) is 13.7 Å². The van der Waals surface area contributed by atoms with Crippen LogP contribution in [0, 0.1) is 0 Å². The van der Waals surface area contributed by atoms with Gasteiger partial charge in [0.1, 0.15) is 12.0 Å². The summed E-state index contributed by atoms with van der Waals surface area (Å²) in [6.45, 7) is -0.127. The summed E-state index contributed by atoms with van der Waals surface area (Å²) in [4.78, 5) is 22.8. The first-order valence-electron chi connectivity index (χ1n) is 4.82. The molecule has 0 saturated carbocycles. The maximum absolute atomic E-state index is 10.9. The number of aromatic nitrogens is 5. The van der Waals surface area contributed by atoms with Gasteiger partial charge in [0, 0.05) is 13.2 Å². The molecule has 0 aliphatic rings. The summed E-state index contributed by atoms with van der Waals surface area (Å²) >= 11 is 0. The number of H-pyrrole nitrogens is 1. The lowest BCUT2D eigenvalue weighted by molar-refractivity contribution is -0.122. The van der Waals surface area contributed by atoms with Gasteiger partial charge in [0.25, 0.3) is 5.91 Å². The fourth-order valence-corrected chi connectivity index (χ4v) is 1.06. The SMILES string of the molecule is CNC(=O)COc1n[nH]c(-c2ccncn2)n1. The topological polar surface area (TPSA) is 106 Å². The Balaban J connectivity index is 2.04. The fourth-order valence-electron chi connectivity index (χ4n) is 1.06. The number of hydrogen-bond acceptors (Lipinski definition) is 6. The van der Waals surface area contributed by atoms with Crippen molar-refractivity contribution in [1.82, 2.24) is 30.5 Å². The largest absolute Gasteiger partial charge is 0.452 e. The number of amides is 1. The fraction of sp³-hybridized carbons (Fsp3) is 0.222. The van der Waals surface area contributed by atoms with E-state index >= 15 is 0 Å². The van der Waals surface area contributed by atoms with Crippen LogP contribution in [0.3, 0.4) is 0 Å². The molecular formula is C9H10N6O2. The molecule has 0 unspecified atom stereocenters. The highest BCUT2D eigenvalue weighted by atomic mass is 16.5. The summed E-state index contributed by atoms with van der Waals surface area (Å²) in [6.07, 6.45) is 3.00. The Kier molecular flexibility index (Phi) is 3.24. The molecule has 2 aromatic heterocycles. The van der Waals surface area contributed by atoms with Crippen LogP contribution in [-0.2, 0) is 4.79 Å². The van der Waals surface area contributed by atoms with Crippen LogP contribution in [0.1, 0.15) is 0 Å². The van der Waals surface area contributed by atoms with Gasteiger partial charge in [-0.2, -0.15) is 4.98 Å².